The Balaban J connectivity index is 1.80. The highest BCUT2D eigenvalue weighted by molar-refractivity contribution is 6.30. The first-order valence-corrected chi connectivity index (χ1v) is 5.77. The van der Waals surface area contributed by atoms with Crippen molar-refractivity contribution in [3.05, 3.63) is 29.3 Å². The second-order valence-electron chi connectivity index (χ2n) is 3.96. The highest BCUT2D eigenvalue weighted by Gasteiger charge is 2.24. The maximum absolute atomic E-state index is 9.83. The van der Waals surface area contributed by atoms with Crippen molar-refractivity contribution in [1.29, 1.82) is 0 Å². The third-order valence-electron chi connectivity index (χ3n) is 2.74. The Morgan fingerprint density at radius 1 is 1.44 bits per heavy atom. The van der Waals surface area contributed by atoms with Crippen LogP contribution in [0.4, 0.5) is 0 Å². The molecule has 1 N–H and O–H groups in total. The Bertz CT molecular complexity index is 320. The van der Waals surface area contributed by atoms with E-state index in [0.29, 0.717) is 18.2 Å². The van der Waals surface area contributed by atoms with Gasteiger partial charge in [0.2, 0.25) is 0 Å². The second kappa shape index (κ2) is 5.53. The quantitative estimate of drug-likeness (QED) is 0.879. The van der Waals surface area contributed by atoms with E-state index in [1.165, 1.54) is 0 Å². The van der Waals surface area contributed by atoms with Crippen molar-refractivity contribution in [2.45, 2.75) is 12.5 Å². The third-order valence-corrected chi connectivity index (χ3v) is 3.00. The lowest BCUT2D eigenvalue weighted by Gasteiger charge is -2.16. The molecule has 1 aromatic carbocycles. The van der Waals surface area contributed by atoms with Crippen LogP contribution in [0.3, 0.4) is 0 Å². The summed E-state index contributed by atoms with van der Waals surface area (Å²) in [7, 11) is 0. The number of aliphatic hydroxyl groups excluding tert-OH is 1. The molecule has 1 aliphatic heterocycles. The average Bonchev–Trinajstić information content (AvgIpc) is 2.81. The lowest BCUT2D eigenvalue weighted by atomic mass is 10.0. The van der Waals surface area contributed by atoms with Crippen LogP contribution >= 0.6 is 11.6 Å². The van der Waals surface area contributed by atoms with E-state index in [1.807, 2.05) is 0 Å². The van der Waals surface area contributed by atoms with Crippen molar-refractivity contribution in [2.24, 2.45) is 5.92 Å². The summed E-state index contributed by atoms with van der Waals surface area (Å²) in [4.78, 5) is 0. The summed E-state index contributed by atoms with van der Waals surface area (Å²) in [6.07, 6.45) is 0.448. The fourth-order valence-corrected chi connectivity index (χ4v) is 1.83. The Kier molecular flexibility index (Phi) is 4.04. The zero-order valence-electron chi connectivity index (χ0n) is 8.93. The SMILES string of the molecule is OC(COc1ccc(Cl)cc1)C1CCOC1. The molecule has 0 amide bonds. The molecule has 0 aliphatic carbocycles. The van der Waals surface area contributed by atoms with Gasteiger partial charge in [-0.25, -0.2) is 0 Å². The van der Waals surface area contributed by atoms with E-state index in [-0.39, 0.29) is 5.92 Å². The summed E-state index contributed by atoms with van der Waals surface area (Å²) in [6, 6.07) is 7.12. The van der Waals surface area contributed by atoms with Gasteiger partial charge in [-0.2, -0.15) is 0 Å². The van der Waals surface area contributed by atoms with Gasteiger partial charge in [-0.05, 0) is 30.7 Å². The molecule has 2 rings (SSSR count). The van der Waals surface area contributed by atoms with E-state index in [0.717, 1.165) is 18.8 Å². The molecule has 1 aromatic rings. The molecule has 2 unspecified atom stereocenters. The molecule has 0 bridgehead atoms. The van der Waals surface area contributed by atoms with Crippen LogP contribution in [0.15, 0.2) is 24.3 Å². The standard InChI is InChI=1S/C12H15ClO3/c13-10-1-3-11(4-2-10)16-8-12(14)9-5-6-15-7-9/h1-4,9,12,14H,5-8H2. The van der Waals surface area contributed by atoms with E-state index in [2.05, 4.69) is 0 Å². The maximum Gasteiger partial charge on any atom is 0.119 e. The molecular weight excluding hydrogens is 228 g/mol. The fraction of sp³-hybridized carbons (Fsp3) is 0.500. The normalized spacial score (nSPS) is 22.0. The molecule has 0 radical (unpaired) electrons. The smallest absolute Gasteiger partial charge is 0.119 e. The second-order valence-corrected chi connectivity index (χ2v) is 4.39. The Morgan fingerprint density at radius 3 is 2.81 bits per heavy atom. The summed E-state index contributed by atoms with van der Waals surface area (Å²) >= 11 is 5.76. The van der Waals surface area contributed by atoms with Crippen molar-refractivity contribution < 1.29 is 14.6 Å². The van der Waals surface area contributed by atoms with Crippen LogP contribution in [0.5, 0.6) is 5.75 Å². The van der Waals surface area contributed by atoms with E-state index in [1.54, 1.807) is 24.3 Å². The Hall–Kier alpha value is -0.770. The molecule has 1 saturated heterocycles. The predicted octanol–water partition coefficient (Wildman–Crippen LogP) is 2.12. The Morgan fingerprint density at radius 2 is 2.19 bits per heavy atom. The molecule has 0 saturated carbocycles. The van der Waals surface area contributed by atoms with Crippen molar-refractivity contribution in [2.75, 3.05) is 19.8 Å². The fourth-order valence-electron chi connectivity index (χ4n) is 1.70. The predicted molar refractivity (Wildman–Crippen MR) is 61.9 cm³/mol. The zero-order valence-corrected chi connectivity index (χ0v) is 9.69. The number of hydrogen-bond donors (Lipinski definition) is 1. The number of hydrogen-bond acceptors (Lipinski definition) is 3. The summed E-state index contributed by atoms with van der Waals surface area (Å²) in [5.41, 5.74) is 0. The molecule has 2 atom stereocenters. The van der Waals surface area contributed by atoms with Gasteiger partial charge in [0.15, 0.2) is 0 Å². The monoisotopic (exact) mass is 242 g/mol. The van der Waals surface area contributed by atoms with Gasteiger partial charge in [0.05, 0.1) is 12.7 Å². The van der Waals surface area contributed by atoms with Crippen LogP contribution in [0.25, 0.3) is 0 Å². The molecule has 0 aromatic heterocycles. The van der Waals surface area contributed by atoms with Crippen molar-refractivity contribution in [1.82, 2.24) is 0 Å². The molecule has 16 heavy (non-hydrogen) atoms. The minimum Gasteiger partial charge on any atom is -0.491 e. The van der Waals surface area contributed by atoms with Gasteiger partial charge >= 0.3 is 0 Å². The van der Waals surface area contributed by atoms with Gasteiger partial charge in [0, 0.05) is 17.5 Å². The van der Waals surface area contributed by atoms with Gasteiger partial charge in [0.25, 0.3) is 0 Å². The number of rotatable bonds is 4. The van der Waals surface area contributed by atoms with Gasteiger partial charge < -0.3 is 14.6 Å². The van der Waals surface area contributed by atoms with Crippen LogP contribution in [0, 0.1) is 5.92 Å². The topological polar surface area (TPSA) is 38.7 Å². The first-order valence-electron chi connectivity index (χ1n) is 5.40. The molecule has 4 heteroatoms. The van der Waals surface area contributed by atoms with E-state index in [9.17, 15) is 5.11 Å². The van der Waals surface area contributed by atoms with Crippen molar-refractivity contribution in [3.8, 4) is 5.75 Å². The average molecular weight is 243 g/mol. The maximum atomic E-state index is 9.83. The van der Waals surface area contributed by atoms with Gasteiger partial charge in [0.1, 0.15) is 12.4 Å². The minimum absolute atomic E-state index is 0.201. The minimum atomic E-state index is -0.460. The molecule has 1 fully saturated rings. The Labute approximate surface area is 99.9 Å². The highest BCUT2D eigenvalue weighted by atomic mass is 35.5. The van der Waals surface area contributed by atoms with Crippen LogP contribution in [-0.4, -0.2) is 31.0 Å². The molecular formula is C12H15ClO3. The summed E-state index contributed by atoms with van der Waals surface area (Å²) in [5, 5.41) is 10.5. The number of ether oxygens (including phenoxy) is 2. The van der Waals surface area contributed by atoms with Crippen LogP contribution in [0.1, 0.15) is 6.42 Å². The van der Waals surface area contributed by atoms with Gasteiger partial charge in [-0.1, -0.05) is 11.6 Å². The van der Waals surface area contributed by atoms with Crippen LogP contribution in [-0.2, 0) is 4.74 Å². The molecule has 1 heterocycles. The number of aliphatic hydroxyl groups is 1. The van der Waals surface area contributed by atoms with E-state index >= 15 is 0 Å². The lowest BCUT2D eigenvalue weighted by molar-refractivity contribution is 0.0499. The summed E-state index contributed by atoms with van der Waals surface area (Å²) in [6.45, 7) is 1.67. The summed E-state index contributed by atoms with van der Waals surface area (Å²) < 4.78 is 10.7. The molecule has 3 nitrogen and oxygen atoms in total. The van der Waals surface area contributed by atoms with Crippen molar-refractivity contribution >= 4 is 11.6 Å². The first-order chi connectivity index (χ1) is 7.75. The molecule has 0 spiro atoms. The zero-order chi connectivity index (χ0) is 11.4. The van der Waals surface area contributed by atoms with E-state index < -0.39 is 6.10 Å². The molecule has 1 aliphatic rings. The van der Waals surface area contributed by atoms with Gasteiger partial charge in [-0.15, -0.1) is 0 Å². The molecule has 88 valence electrons. The first kappa shape index (κ1) is 11.7. The largest absolute Gasteiger partial charge is 0.491 e. The van der Waals surface area contributed by atoms with Crippen LogP contribution < -0.4 is 4.74 Å². The van der Waals surface area contributed by atoms with Crippen molar-refractivity contribution in [3.63, 3.8) is 0 Å². The van der Waals surface area contributed by atoms with E-state index in [4.69, 9.17) is 21.1 Å². The highest BCUT2D eigenvalue weighted by Crippen LogP contribution is 2.19. The lowest BCUT2D eigenvalue weighted by Crippen LogP contribution is -2.27. The van der Waals surface area contributed by atoms with Crippen LogP contribution in [0.2, 0.25) is 5.02 Å². The summed E-state index contributed by atoms with van der Waals surface area (Å²) in [5.74, 6) is 0.926. The third kappa shape index (κ3) is 3.11. The number of halogens is 1. The number of benzene rings is 1. The van der Waals surface area contributed by atoms with Gasteiger partial charge in [-0.3, -0.25) is 0 Å².